The molecule has 0 aromatic heterocycles. The van der Waals surface area contributed by atoms with Gasteiger partial charge in [-0.25, -0.2) is 0 Å². The number of nitrogens with two attached hydrogens (primary N) is 1. The third kappa shape index (κ3) is 3.23. The Morgan fingerprint density at radius 1 is 1.39 bits per heavy atom. The van der Waals surface area contributed by atoms with Gasteiger partial charge in [0.25, 0.3) is 0 Å². The first-order chi connectivity index (χ1) is 8.49. The first kappa shape index (κ1) is 14.0. The molecular formula is C13H18N2O3. The summed E-state index contributed by atoms with van der Waals surface area (Å²) < 4.78 is 5.23. The number of hydrogen-bond donors (Lipinski definition) is 1. The summed E-state index contributed by atoms with van der Waals surface area (Å²) in [6.45, 7) is 2.34. The maximum absolute atomic E-state index is 11.4. The van der Waals surface area contributed by atoms with Crippen LogP contribution in [-0.2, 0) is 22.6 Å². The van der Waals surface area contributed by atoms with Gasteiger partial charge in [-0.3, -0.25) is 9.59 Å². The van der Waals surface area contributed by atoms with Crippen LogP contribution >= 0.6 is 0 Å². The summed E-state index contributed by atoms with van der Waals surface area (Å²) in [6, 6.07) is 5.79. The van der Waals surface area contributed by atoms with E-state index in [9.17, 15) is 9.59 Å². The standard InChI is InChI=1S/C13H18N2O3/c1-4-9-5-6-11(18-3)10(7-9)8-15(2)13(17)12(14)16/h5-7H,4,8H2,1-3H3,(H2,14,16). The average molecular weight is 250 g/mol. The second kappa shape index (κ2) is 6.05. The molecule has 1 aromatic rings. The number of carbonyl (C=O) groups excluding carboxylic acids is 2. The zero-order valence-electron chi connectivity index (χ0n) is 10.9. The summed E-state index contributed by atoms with van der Waals surface area (Å²) in [7, 11) is 3.10. The lowest BCUT2D eigenvalue weighted by molar-refractivity contribution is -0.143. The molecule has 0 fully saturated rings. The predicted molar refractivity (Wildman–Crippen MR) is 68.0 cm³/mol. The highest BCUT2D eigenvalue weighted by atomic mass is 16.5. The summed E-state index contributed by atoms with van der Waals surface area (Å²) in [5.41, 5.74) is 6.96. The van der Waals surface area contributed by atoms with Crippen LogP contribution in [-0.4, -0.2) is 30.9 Å². The number of aryl methyl sites for hydroxylation is 1. The minimum atomic E-state index is -0.955. The van der Waals surface area contributed by atoms with Crippen LogP contribution in [0.5, 0.6) is 5.75 Å². The maximum atomic E-state index is 11.4. The molecule has 0 unspecified atom stereocenters. The molecule has 1 aromatic carbocycles. The molecule has 5 heteroatoms. The minimum Gasteiger partial charge on any atom is -0.496 e. The number of benzene rings is 1. The molecule has 0 heterocycles. The van der Waals surface area contributed by atoms with Crippen LogP contribution in [0.4, 0.5) is 0 Å². The van der Waals surface area contributed by atoms with Gasteiger partial charge in [-0.2, -0.15) is 0 Å². The second-order valence-electron chi connectivity index (χ2n) is 4.03. The lowest BCUT2D eigenvalue weighted by Crippen LogP contribution is -2.37. The van der Waals surface area contributed by atoms with Crippen molar-refractivity contribution >= 4 is 11.8 Å². The SMILES string of the molecule is CCc1ccc(OC)c(CN(C)C(=O)C(N)=O)c1. The van der Waals surface area contributed by atoms with Gasteiger partial charge in [-0.1, -0.05) is 19.1 Å². The van der Waals surface area contributed by atoms with E-state index in [1.807, 2.05) is 25.1 Å². The number of amides is 2. The molecular weight excluding hydrogens is 232 g/mol. The monoisotopic (exact) mass is 250 g/mol. The molecule has 0 spiro atoms. The average Bonchev–Trinajstić information content (AvgIpc) is 2.37. The summed E-state index contributed by atoms with van der Waals surface area (Å²) in [5, 5.41) is 0. The molecule has 0 radical (unpaired) electrons. The van der Waals surface area contributed by atoms with Crippen molar-refractivity contribution in [2.75, 3.05) is 14.2 Å². The van der Waals surface area contributed by atoms with Crippen molar-refractivity contribution in [1.29, 1.82) is 0 Å². The molecule has 18 heavy (non-hydrogen) atoms. The van der Waals surface area contributed by atoms with Crippen LogP contribution in [0.15, 0.2) is 18.2 Å². The van der Waals surface area contributed by atoms with E-state index in [0.29, 0.717) is 12.3 Å². The van der Waals surface area contributed by atoms with Crippen LogP contribution in [0, 0.1) is 0 Å². The van der Waals surface area contributed by atoms with Crippen molar-refractivity contribution in [1.82, 2.24) is 4.90 Å². The molecule has 1 rings (SSSR count). The van der Waals surface area contributed by atoms with Crippen molar-refractivity contribution in [2.24, 2.45) is 5.73 Å². The molecule has 2 N–H and O–H groups in total. The first-order valence-corrected chi connectivity index (χ1v) is 5.70. The molecule has 0 aliphatic carbocycles. The number of ether oxygens (including phenoxy) is 1. The Morgan fingerprint density at radius 3 is 2.56 bits per heavy atom. The molecule has 0 saturated heterocycles. The Balaban J connectivity index is 2.94. The van der Waals surface area contributed by atoms with E-state index in [0.717, 1.165) is 17.5 Å². The number of likely N-dealkylation sites (N-methyl/N-ethyl adjacent to an activating group) is 1. The molecule has 2 amide bonds. The Morgan fingerprint density at radius 2 is 2.06 bits per heavy atom. The van der Waals surface area contributed by atoms with Gasteiger partial charge in [0.1, 0.15) is 5.75 Å². The van der Waals surface area contributed by atoms with Gasteiger partial charge in [-0.15, -0.1) is 0 Å². The van der Waals surface area contributed by atoms with E-state index in [1.165, 1.54) is 11.9 Å². The number of primary amides is 1. The van der Waals surface area contributed by atoms with E-state index < -0.39 is 11.8 Å². The first-order valence-electron chi connectivity index (χ1n) is 5.70. The third-order valence-electron chi connectivity index (χ3n) is 2.72. The van der Waals surface area contributed by atoms with Crippen LogP contribution in [0.1, 0.15) is 18.1 Å². The minimum absolute atomic E-state index is 0.290. The van der Waals surface area contributed by atoms with Gasteiger partial charge < -0.3 is 15.4 Å². The van der Waals surface area contributed by atoms with Gasteiger partial charge in [0.2, 0.25) is 0 Å². The summed E-state index contributed by atoms with van der Waals surface area (Å²) in [5.74, 6) is -0.974. The van der Waals surface area contributed by atoms with E-state index in [4.69, 9.17) is 10.5 Å². The number of rotatable bonds is 4. The zero-order chi connectivity index (χ0) is 13.7. The van der Waals surface area contributed by atoms with Crippen molar-refractivity contribution in [3.8, 4) is 5.75 Å². The molecule has 0 aliphatic rings. The Bertz CT molecular complexity index is 458. The van der Waals surface area contributed by atoms with Gasteiger partial charge in [0, 0.05) is 19.2 Å². The van der Waals surface area contributed by atoms with E-state index in [1.54, 1.807) is 7.11 Å². The van der Waals surface area contributed by atoms with Gasteiger partial charge in [0.15, 0.2) is 0 Å². The molecule has 98 valence electrons. The molecule has 0 aliphatic heterocycles. The fraction of sp³-hybridized carbons (Fsp3) is 0.385. The fourth-order valence-electron chi connectivity index (χ4n) is 1.69. The van der Waals surface area contributed by atoms with E-state index in [2.05, 4.69) is 0 Å². The van der Waals surface area contributed by atoms with Crippen molar-refractivity contribution in [3.63, 3.8) is 0 Å². The number of hydrogen-bond acceptors (Lipinski definition) is 3. The highest BCUT2D eigenvalue weighted by molar-refractivity contribution is 6.34. The zero-order valence-corrected chi connectivity index (χ0v) is 10.9. The fourth-order valence-corrected chi connectivity index (χ4v) is 1.69. The molecule has 0 bridgehead atoms. The van der Waals surface area contributed by atoms with Crippen LogP contribution in [0.2, 0.25) is 0 Å². The highest BCUT2D eigenvalue weighted by Crippen LogP contribution is 2.21. The summed E-state index contributed by atoms with van der Waals surface area (Å²) in [4.78, 5) is 23.5. The Labute approximate surface area is 107 Å². The smallest absolute Gasteiger partial charge is 0.311 e. The topological polar surface area (TPSA) is 72.6 Å². The quantitative estimate of drug-likeness (QED) is 0.799. The van der Waals surface area contributed by atoms with E-state index in [-0.39, 0.29) is 0 Å². The normalized spacial score (nSPS) is 9.94. The van der Waals surface area contributed by atoms with Crippen LogP contribution < -0.4 is 10.5 Å². The lowest BCUT2D eigenvalue weighted by atomic mass is 10.1. The largest absolute Gasteiger partial charge is 0.496 e. The van der Waals surface area contributed by atoms with Gasteiger partial charge in [-0.05, 0) is 18.1 Å². The van der Waals surface area contributed by atoms with Crippen LogP contribution in [0.25, 0.3) is 0 Å². The third-order valence-corrected chi connectivity index (χ3v) is 2.72. The molecule has 0 atom stereocenters. The number of nitrogens with zero attached hydrogens (tertiary/aromatic N) is 1. The van der Waals surface area contributed by atoms with Crippen molar-refractivity contribution < 1.29 is 14.3 Å². The van der Waals surface area contributed by atoms with Crippen molar-refractivity contribution in [3.05, 3.63) is 29.3 Å². The second-order valence-corrected chi connectivity index (χ2v) is 4.03. The maximum Gasteiger partial charge on any atom is 0.311 e. The molecule has 5 nitrogen and oxygen atoms in total. The van der Waals surface area contributed by atoms with E-state index >= 15 is 0 Å². The Kier molecular flexibility index (Phi) is 4.71. The summed E-state index contributed by atoms with van der Waals surface area (Å²) in [6.07, 6.45) is 0.893. The lowest BCUT2D eigenvalue weighted by Gasteiger charge is -2.17. The van der Waals surface area contributed by atoms with Crippen molar-refractivity contribution in [2.45, 2.75) is 19.9 Å². The Hall–Kier alpha value is -2.04. The van der Waals surface area contributed by atoms with Crippen LogP contribution in [0.3, 0.4) is 0 Å². The number of methoxy groups -OCH3 is 1. The predicted octanol–water partition coefficient (Wildman–Crippen LogP) is 0.701. The molecule has 0 saturated carbocycles. The number of carbonyl (C=O) groups is 2. The highest BCUT2D eigenvalue weighted by Gasteiger charge is 2.16. The van der Waals surface area contributed by atoms with Gasteiger partial charge >= 0.3 is 11.8 Å². The van der Waals surface area contributed by atoms with Gasteiger partial charge in [0.05, 0.1) is 7.11 Å². The summed E-state index contributed by atoms with van der Waals surface area (Å²) >= 11 is 0.